The first kappa shape index (κ1) is 22.3. The van der Waals surface area contributed by atoms with Crippen molar-refractivity contribution in [2.24, 2.45) is 0 Å². The number of hydrogen-bond acceptors (Lipinski definition) is 5. The molecule has 6 heteroatoms. The largest absolute Gasteiger partial charge is 0.469 e. The smallest absolute Gasteiger partial charge is 0.315 e. The Morgan fingerprint density at radius 2 is 1.48 bits per heavy atom. The van der Waals surface area contributed by atoms with Gasteiger partial charge in [-0.3, -0.25) is 14.4 Å². The van der Waals surface area contributed by atoms with Crippen LogP contribution in [0.15, 0.2) is 48.5 Å². The number of aliphatic hydroxyl groups excluding tert-OH is 1. The summed E-state index contributed by atoms with van der Waals surface area (Å²) in [6.45, 7) is 0.124. The van der Waals surface area contributed by atoms with Crippen LogP contribution in [0.3, 0.4) is 0 Å². The Balaban J connectivity index is 1.72. The maximum absolute atomic E-state index is 12.2. The van der Waals surface area contributed by atoms with E-state index in [9.17, 15) is 14.4 Å². The van der Waals surface area contributed by atoms with Gasteiger partial charge in [-0.15, -0.1) is 0 Å². The van der Waals surface area contributed by atoms with Crippen LogP contribution in [0.4, 0.5) is 5.69 Å². The number of anilines is 1. The number of nitrogens with one attached hydrogen (secondary N) is 1. The van der Waals surface area contributed by atoms with Crippen LogP contribution in [0, 0.1) is 0 Å². The van der Waals surface area contributed by atoms with Crippen molar-refractivity contribution in [1.29, 1.82) is 0 Å². The second kappa shape index (κ2) is 11.8. The Bertz CT molecular complexity index is 812. The van der Waals surface area contributed by atoms with Gasteiger partial charge in [0, 0.05) is 25.1 Å². The third-order valence-corrected chi connectivity index (χ3v) is 4.52. The maximum Gasteiger partial charge on any atom is 0.315 e. The van der Waals surface area contributed by atoms with E-state index in [1.54, 1.807) is 12.1 Å². The Morgan fingerprint density at radius 3 is 2.10 bits per heavy atom. The van der Waals surface area contributed by atoms with Gasteiger partial charge in [-0.2, -0.15) is 0 Å². The summed E-state index contributed by atoms with van der Waals surface area (Å²) in [6, 6.07) is 15.1. The molecule has 0 saturated heterocycles. The van der Waals surface area contributed by atoms with Crippen LogP contribution < -0.4 is 5.32 Å². The lowest BCUT2D eigenvalue weighted by molar-refractivity contribution is -0.142. The topological polar surface area (TPSA) is 92.7 Å². The van der Waals surface area contributed by atoms with E-state index in [0.29, 0.717) is 24.9 Å². The predicted octanol–water partition coefficient (Wildman–Crippen LogP) is 2.86. The lowest BCUT2D eigenvalue weighted by Crippen LogP contribution is -2.17. The van der Waals surface area contributed by atoms with Crippen LogP contribution in [0.2, 0.25) is 0 Å². The van der Waals surface area contributed by atoms with E-state index >= 15 is 0 Å². The van der Waals surface area contributed by atoms with Gasteiger partial charge in [0.1, 0.15) is 12.2 Å². The molecule has 2 aromatic rings. The van der Waals surface area contributed by atoms with E-state index in [1.807, 2.05) is 36.4 Å². The van der Waals surface area contributed by atoms with Crippen molar-refractivity contribution in [3.05, 3.63) is 65.2 Å². The zero-order valence-electron chi connectivity index (χ0n) is 16.6. The van der Waals surface area contributed by atoms with Gasteiger partial charge >= 0.3 is 5.97 Å². The number of esters is 1. The molecule has 0 aliphatic heterocycles. The second-order valence-electron chi connectivity index (χ2n) is 6.86. The standard InChI is InChI=1S/C23H27NO5/c1-29-23(28)16-22(27)24-20-11-9-17(10-12-20)3-2-4-21(26)15-19-7-5-18(6-8-19)13-14-25/h5-12,25H,2-4,13-16H2,1H3,(H,24,27). The molecule has 1 amide bonds. The van der Waals surface area contributed by atoms with Gasteiger partial charge in [0.25, 0.3) is 0 Å². The number of ether oxygens (including phenoxy) is 1. The van der Waals surface area contributed by atoms with E-state index in [2.05, 4.69) is 10.1 Å². The van der Waals surface area contributed by atoms with Crippen molar-refractivity contribution in [1.82, 2.24) is 0 Å². The Labute approximate surface area is 170 Å². The van der Waals surface area contributed by atoms with Gasteiger partial charge in [0.05, 0.1) is 7.11 Å². The van der Waals surface area contributed by atoms with Gasteiger partial charge in [-0.05, 0) is 48.1 Å². The molecular formula is C23H27NO5. The lowest BCUT2D eigenvalue weighted by Gasteiger charge is -2.07. The molecule has 2 aromatic carbocycles. The summed E-state index contributed by atoms with van der Waals surface area (Å²) in [5.41, 5.74) is 3.75. The average Bonchev–Trinajstić information content (AvgIpc) is 2.71. The molecule has 0 radical (unpaired) electrons. The first-order valence-corrected chi connectivity index (χ1v) is 9.66. The molecule has 2 N–H and O–H groups in total. The number of amides is 1. The van der Waals surface area contributed by atoms with Crippen LogP contribution >= 0.6 is 0 Å². The molecule has 2 rings (SSSR count). The highest BCUT2D eigenvalue weighted by Gasteiger charge is 2.09. The average molecular weight is 397 g/mol. The van der Waals surface area contributed by atoms with Gasteiger partial charge in [-0.1, -0.05) is 36.4 Å². The molecule has 0 fully saturated rings. The molecule has 154 valence electrons. The van der Waals surface area contributed by atoms with E-state index in [4.69, 9.17) is 5.11 Å². The summed E-state index contributed by atoms with van der Waals surface area (Å²) in [5, 5.41) is 11.6. The van der Waals surface area contributed by atoms with Crippen molar-refractivity contribution in [3.63, 3.8) is 0 Å². The number of benzene rings is 2. The van der Waals surface area contributed by atoms with E-state index < -0.39 is 11.9 Å². The molecular weight excluding hydrogens is 370 g/mol. The zero-order chi connectivity index (χ0) is 21.1. The minimum absolute atomic E-state index is 0.124. The summed E-state index contributed by atoms with van der Waals surface area (Å²) in [5.74, 6) is -0.795. The predicted molar refractivity (Wildman–Crippen MR) is 111 cm³/mol. The number of ketones is 1. The van der Waals surface area contributed by atoms with Crippen LogP contribution in [-0.4, -0.2) is 36.5 Å². The number of carbonyl (C=O) groups is 3. The molecule has 0 saturated carbocycles. The van der Waals surface area contributed by atoms with Crippen LogP contribution in [-0.2, 0) is 38.4 Å². The Kier molecular flexibility index (Phi) is 9.05. The zero-order valence-corrected chi connectivity index (χ0v) is 16.6. The number of methoxy groups -OCH3 is 1. The third kappa shape index (κ3) is 8.27. The monoisotopic (exact) mass is 397 g/mol. The maximum atomic E-state index is 12.2. The second-order valence-corrected chi connectivity index (χ2v) is 6.86. The number of hydrogen-bond donors (Lipinski definition) is 2. The van der Waals surface area contributed by atoms with Gasteiger partial charge in [0.2, 0.25) is 5.91 Å². The summed E-state index contributed by atoms with van der Waals surface area (Å²) >= 11 is 0. The molecule has 0 aliphatic rings. The summed E-state index contributed by atoms with van der Waals surface area (Å²) < 4.78 is 4.46. The SMILES string of the molecule is COC(=O)CC(=O)Nc1ccc(CCCC(=O)Cc2ccc(CCO)cc2)cc1. The fourth-order valence-corrected chi connectivity index (χ4v) is 2.92. The van der Waals surface area contributed by atoms with Crippen molar-refractivity contribution in [2.45, 2.75) is 38.5 Å². The summed E-state index contributed by atoms with van der Waals surface area (Å²) in [7, 11) is 1.24. The fraction of sp³-hybridized carbons (Fsp3) is 0.348. The van der Waals surface area contributed by atoms with E-state index in [1.165, 1.54) is 7.11 Å². The molecule has 0 aromatic heterocycles. The molecule has 0 unspecified atom stereocenters. The quantitative estimate of drug-likeness (QED) is 0.449. The number of Topliss-reactive ketones (excluding diaryl/α,β-unsaturated/α-hetero) is 1. The van der Waals surface area contributed by atoms with E-state index in [0.717, 1.165) is 29.5 Å². The van der Waals surface area contributed by atoms with Crippen LogP contribution in [0.25, 0.3) is 0 Å². The van der Waals surface area contributed by atoms with Crippen molar-refractivity contribution in [3.8, 4) is 0 Å². The minimum Gasteiger partial charge on any atom is -0.469 e. The van der Waals surface area contributed by atoms with Crippen molar-refractivity contribution in [2.75, 3.05) is 19.0 Å². The molecule has 0 heterocycles. The molecule has 6 nitrogen and oxygen atoms in total. The Morgan fingerprint density at radius 1 is 0.897 bits per heavy atom. The van der Waals surface area contributed by atoms with Gasteiger partial charge < -0.3 is 15.2 Å². The Hall–Kier alpha value is -2.99. The molecule has 0 bridgehead atoms. The van der Waals surface area contributed by atoms with Crippen molar-refractivity contribution < 1.29 is 24.2 Å². The highest BCUT2D eigenvalue weighted by Crippen LogP contribution is 2.13. The van der Waals surface area contributed by atoms with Crippen LogP contribution in [0.1, 0.15) is 36.0 Å². The van der Waals surface area contributed by atoms with Gasteiger partial charge in [-0.25, -0.2) is 0 Å². The molecule has 0 aliphatic carbocycles. The summed E-state index contributed by atoms with van der Waals surface area (Å²) in [6.07, 6.45) is 2.78. The molecule has 0 spiro atoms. The van der Waals surface area contributed by atoms with Crippen molar-refractivity contribution >= 4 is 23.3 Å². The minimum atomic E-state index is -0.579. The highest BCUT2D eigenvalue weighted by molar-refractivity contribution is 6.01. The highest BCUT2D eigenvalue weighted by atomic mass is 16.5. The third-order valence-electron chi connectivity index (χ3n) is 4.52. The van der Waals surface area contributed by atoms with Crippen LogP contribution in [0.5, 0.6) is 0 Å². The molecule has 0 atom stereocenters. The van der Waals surface area contributed by atoms with Gasteiger partial charge in [0.15, 0.2) is 0 Å². The normalized spacial score (nSPS) is 10.4. The number of aryl methyl sites for hydroxylation is 1. The fourth-order valence-electron chi connectivity index (χ4n) is 2.92. The first-order chi connectivity index (χ1) is 14.0. The number of rotatable bonds is 11. The van der Waals surface area contributed by atoms with E-state index in [-0.39, 0.29) is 18.8 Å². The number of carbonyl (C=O) groups excluding carboxylic acids is 3. The lowest BCUT2D eigenvalue weighted by atomic mass is 10.0. The number of aliphatic hydroxyl groups is 1. The summed E-state index contributed by atoms with van der Waals surface area (Å²) in [4.78, 5) is 34.9. The first-order valence-electron chi connectivity index (χ1n) is 9.66. The molecule has 29 heavy (non-hydrogen) atoms.